The maximum Gasteiger partial charge on any atom is 0.0468 e. The van der Waals surface area contributed by atoms with Crippen molar-refractivity contribution in [3.8, 4) is 44.5 Å². The summed E-state index contributed by atoms with van der Waals surface area (Å²) in [5.74, 6) is 0. The number of thiophene rings is 1. The van der Waals surface area contributed by atoms with Crippen molar-refractivity contribution < 1.29 is 0 Å². The quantitative estimate of drug-likeness (QED) is 0.144. The van der Waals surface area contributed by atoms with Crippen LogP contribution >= 0.6 is 11.3 Å². The number of nitrogens with zero attached hydrogens (tertiary/aromatic N) is 1. The topological polar surface area (TPSA) is 3.24 Å². The van der Waals surface area contributed by atoms with Crippen molar-refractivity contribution in [1.82, 2.24) is 0 Å². The second-order valence-electron chi connectivity index (χ2n) is 17.2. The first kappa shape index (κ1) is 38.2. The van der Waals surface area contributed by atoms with Gasteiger partial charge in [0.15, 0.2) is 0 Å². The normalized spacial score (nSPS) is 11.6. The summed E-state index contributed by atoms with van der Waals surface area (Å²) < 4.78 is 2.60. The van der Waals surface area contributed by atoms with Crippen LogP contribution in [0.25, 0.3) is 108 Å². The highest BCUT2D eigenvalue weighted by Gasteiger charge is 2.20. The summed E-state index contributed by atoms with van der Waals surface area (Å²) in [5.41, 5.74) is 13.1. The highest BCUT2D eigenvalue weighted by Crippen LogP contribution is 2.46. The number of hydrogen-bond acceptors (Lipinski definition) is 2. The molecular formula is C64H41NS. The van der Waals surface area contributed by atoms with Gasteiger partial charge in [-0.3, -0.25) is 0 Å². The van der Waals surface area contributed by atoms with E-state index in [2.05, 4.69) is 254 Å². The van der Waals surface area contributed by atoms with E-state index in [1.807, 2.05) is 11.3 Å². The molecule has 1 aromatic heterocycles. The molecule has 0 unspecified atom stereocenters. The highest BCUT2D eigenvalue weighted by molar-refractivity contribution is 7.25. The maximum absolute atomic E-state index is 2.41. The molecule has 0 spiro atoms. The third-order valence-electron chi connectivity index (χ3n) is 13.4. The minimum Gasteiger partial charge on any atom is -0.310 e. The van der Waals surface area contributed by atoms with Gasteiger partial charge in [0.2, 0.25) is 0 Å². The van der Waals surface area contributed by atoms with Gasteiger partial charge < -0.3 is 4.90 Å². The van der Waals surface area contributed by atoms with Crippen LogP contribution in [0.4, 0.5) is 17.1 Å². The Labute approximate surface area is 387 Å². The number of rotatable bonds is 7. The van der Waals surface area contributed by atoms with Crippen molar-refractivity contribution in [3.63, 3.8) is 0 Å². The Bertz CT molecular complexity index is 3960. The highest BCUT2D eigenvalue weighted by atomic mass is 32.1. The van der Waals surface area contributed by atoms with Gasteiger partial charge in [-0.1, -0.05) is 188 Å². The molecule has 1 nitrogen and oxygen atoms in total. The maximum atomic E-state index is 2.41. The summed E-state index contributed by atoms with van der Waals surface area (Å²) >= 11 is 1.86. The van der Waals surface area contributed by atoms with Gasteiger partial charge in [-0.25, -0.2) is 0 Å². The second kappa shape index (κ2) is 15.7. The zero-order valence-electron chi connectivity index (χ0n) is 36.0. The van der Waals surface area contributed by atoms with Crippen LogP contribution in [0.15, 0.2) is 249 Å². The summed E-state index contributed by atoms with van der Waals surface area (Å²) in [6.07, 6.45) is 0. The third kappa shape index (κ3) is 6.45. The first-order chi connectivity index (χ1) is 32.7. The van der Waals surface area contributed by atoms with E-state index in [-0.39, 0.29) is 0 Å². The van der Waals surface area contributed by atoms with Gasteiger partial charge in [-0.2, -0.15) is 0 Å². The minimum atomic E-state index is 1.10. The SMILES string of the molecule is c1ccc(-c2c(-c3ccccc3)c3cc(-c4ccc(N(c5ccc(-c6ccc7c(ccc8ccccc87)c6)cc5)c5ccc6sc7ccccc7c6c5)cc4)ccc3c3ccccc23)cc1. The Morgan fingerprint density at radius 2 is 0.697 bits per heavy atom. The fourth-order valence-corrected chi connectivity index (χ4v) is 11.4. The van der Waals surface area contributed by atoms with Crippen LogP contribution in [0.2, 0.25) is 0 Å². The third-order valence-corrected chi connectivity index (χ3v) is 14.6. The van der Waals surface area contributed by atoms with Crippen molar-refractivity contribution in [2.75, 3.05) is 4.90 Å². The summed E-state index contributed by atoms with van der Waals surface area (Å²) in [6, 6.07) is 91.5. The van der Waals surface area contributed by atoms with Crippen LogP contribution < -0.4 is 4.90 Å². The lowest BCUT2D eigenvalue weighted by Gasteiger charge is -2.26. The van der Waals surface area contributed by atoms with E-state index in [0.717, 1.165) is 17.1 Å². The largest absolute Gasteiger partial charge is 0.310 e. The number of fused-ring (bicyclic) bond motifs is 9. The molecule has 12 aromatic carbocycles. The number of anilines is 3. The molecule has 308 valence electrons. The molecule has 0 amide bonds. The van der Waals surface area contributed by atoms with E-state index in [9.17, 15) is 0 Å². The van der Waals surface area contributed by atoms with Gasteiger partial charge in [0, 0.05) is 37.2 Å². The molecule has 0 saturated carbocycles. The molecule has 0 saturated heterocycles. The molecule has 0 atom stereocenters. The fourth-order valence-electron chi connectivity index (χ4n) is 10.3. The molecule has 0 N–H and O–H groups in total. The average Bonchev–Trinajstić information content (AvgIpc) is 3.77. The average molecular weight is 856 g/mol. The summed E-state index contributed by atoms with van der Waals surface area (Å²) in [5, 5.41) is 12.7. The van der Waals surface area contributed by atoms with E-state index in [0.29, 0.717) is 0 Å². The predicted octanol–water partition coefficient (Wildman–Crippen LogP) is 18.8. The van der Waals surface area contributed by atoms with Crippen LogP contribution in [0, 0.1) is 0 Å². The molecule has 13 rings (SSSR count). The summed E-state index contributed by atoms with van der Waals surface area (Å²) in [7, 11) is 0. The summed E-state index contributed by atoms with van der Waals surface area (Å²) in [6.45, 7) is 0. The molecule has 13 aromatic rings. The van der Waals surface area contributed by atoms with Crippen molar-refractivity contribution in [2.24, 2.45) is 0 Å². The molecule has 0 aliphatic rings. The van der Waals surface area contributed by atoms with Gasteiger partial charge in [0.25, 0.3) is 0 Å². The lowest BCUT2D eigenvalue weighted by atomic mass is 9.84. The lowest BCUT2D eigenvalue weighted by Crippen LogP contribution is -2.09. The molecule has 2 heteroatoms. The molecule has 0 radical (unpaired) electrons. The Morgan fingerprint density at radius 3 is 1.39 bits per heavy atom. The Hall–Kier alpha value is -8.30. The van der Waals surface area contributed by atoms with Crippen LogP contribution in [0.5, 0.6) is 0 Å². The van der Waals surface area contributed by atoms with Crippen LogP contribution in [0.1, 0.15) is 0 Å². The Balaban J connectivity index is 0.931. The summed E-state index contributed by atoms with van der Waals surface area (Å²) in [4.78, 5) is 2.40. The zero-order chi connectivity index (χ0) is 43.6. The van der Waals surface area contributed by atoms with Crippen molar-refractivity contribution in [2.45, 2.75) is 0 Å². The van der Waals surface area contributed by atoms with Gasteiger partial charge in [-0.15, -0.1) is 11.3 Å². The lowest BCUT2D eigenvalue weighted by molar-refractivity contribution is 1.29. The van der Waals surface area contributed by atoms with Crippen LogP contribution in [0.3, 0.4) is 0 Å². The molecule has 0 aliphatic heterocycles. The Morgan fingerprint density at radius 1 is 0.227 bits per heavy atom. The fraction of sp³-hybridized carbons (Fsp3) is 0. The molecule has 66 heavy (non-hydrogen) atoms. The first-order valence-electron chi connectivity index (χ1n) is 22.7. The van der Waals surface area contributed by atoms with E-state index >= 15 is 0 Å². The molecular weight excluding hydrogens is 815 g/mol. The predicted molar refractivity (Wildman–Crippen MR) is 286 cm³/mol. The molecule has 1 heterocycles. The standard InChI is InChI=1S/C64H41NS/c1-3-14-45(15-4-1)63-58-21-10-9-19-55(58)56-37-30-48(40-60(56)64(63)46-16-5-2-6-17-46)43-27-33-51(34-28-43)65(52-35-38-62-59(41-52)57-20-11-12-22-61(57)66-62)50-31-25-42(26-32-50)47-29-36-54-49(39-47)24-23-44-13-7-8-18-53(44)54/h1-41H. The van der Waals surface area contributed by atoms with E-state index in [1.165, 1.54) is 108 Å². The van der Waals surface area contributed by atoms with Crippen molar-refractivity contribution in [1.29, 1.82) is 0 Å². The van der Waals surface area contributed by atoms with Gasteiger partial charge in [0.05, 0.1) is 0 Å². The van der Waals surface area contributed by atoms with E-state index in [4.69, 9.17) is 0 Å². The van der Waals surface area contributed by atoms with Gasteiger partial charge in [0.1, 0.15) is 0 Å². The smallest absolute Gasteiger partial charge is 0.0468 e. The Kier molecular flexibility index (Phi) is 9.11. The first-order valence-corrected chi connectivity index (χ1v) is 23.5. The zero-order valence-corrected chi connectivity index (χ0v) is 36.8. The number of hydrogen-bond donors (Lipinski definition) is 0. The molecule has 0 bridgehead atoms. The van der Waals surface area contributed by atoms with Crippen LogP contribution in [-0.4, -0.2) is 0 Å². The molecule has 0 fully saturated rings. The van der Waals surface area contributed by atoms with Gasteiger partial charge in [-0.05, 0) is 148 Å². The van der Waals surface area contributed by atoms with Crippen molar-refractivity contribution >= 4 is 91.7 Å². The van der Waals surface area contributed by atoms with E-state index in [1.54, 1.807) is 0 Å². The number of benzene rings is 12. The van der Waals surface area contributed by atoms with E-state index < -0.39 is 0 Å². The second-order valence-corrected chi connectivity index (χ2v) is 18.3. The van der Waals surface area contributed by atoms with Crippen molar-refractivity contribution in [3.05, 3.63) is 249 Å². The van der Waals surface area contributed by atoms with Crippen LogP contribution in [-0.2, 0) is 0 Å². The molecule has 0 aliphatic carbocycles. The monoisotopic (exact) mass is 855 g/mol. The minimum absolute atomic E-state index is 1.10. The van der Waals surface area contributed by atoms with Gasteiger partial charge >= 0.3 is 0 Å².